The zero-order valence-electron chi connectivity index (χ0n) is 9.80. The monoisotopic (exact) mass is 237 g/mol. The number of hydrogen-bond donors (Lipinski definition) is 1. The maximum absolute atomic E-state index is 10.9. The van der Waals surface area contributed by atoms with Gasteiger partial charge in [0, 0.05) is 13.1 Å². The van der Waals surface area contributed by atoms with Gasteiger partial charge >= 0.3 is 5.97 Å². The minimum atomic E-state index is -0.635. The third-order valence-electron chi connectivity index (χ3n) is 1.59. The van der Waals surface area contributed by atoms with Crippen molar-refractivity contribution in [2.45, 2.75) is 31.7 Å². The van der Waals surface area contributed by atoms with Crippen LogP contribution in [0.3, 0.4) is 0 Å². The Kier molecular flexibility index (Phi) is 6.89. The molecule has 0 aliphatic heterocycles. The molecular weight excluding hydrogens is 218 g/mol. The van der Waals surface area contributed by atoms with Crippen LogP contribution in [0.25, 0.3) is 0 Å². The van der Waals surface area contributed by atoms with Crippen LogP contribution < -0.4 is 5.32 Å². The summed E-state index contributed by atoms with van der Waals surface area (Å²) in [7, 11) is 1.32. The molecule has 0 saturated heterocycles. The number of hydrogen-bond acceptors (Lipinski definition) is 4. The smallest absolute Gasteiger partial charge is 0.325 e. The Morgan fingerprint density at radius 3 is 2.53 bits per heavy atom. The van der Waals surface area contributed by atoms with Crippen LogP contribution in [0.4, 0.5) is 0 Å². The standard InChI is InChI=1S/C10H20ClNO3/c1-10(2,3)15-6-5-12-7-8(11)9(13)14-4/h8,12H,5-7H2,1-4H3. The van der Waals surface area contributed by atoms with Gasteiger partial charge in [0.25, 0.3) is 0 Å². The van der Waals surface area contributed by atoms with E-state index in [1.54, 1.807) is 0 Å². The van der Waals surface area contributed by atoms with Gasteiger partial charge in [0.15, 0.2) is 0 Å². The van der Waals surface area contributed by atoms with Gasteiger partial charge < -0.3 is 14.8 Å². The summed E-state index contributed by atoms with van der Waals surface area (Å²) >= 11 is 5.72. The molecule has 0 aliphatic carbocycles. The maximum Gasteiger partial charge on any atom is 0.325 e. The van der Waals surface area contributed by atoms with E-state index in [-0.39, 0.29) is 5.60 Å². The molecule has 0 saturated carbocycles. The summed E-state index contributed by atoms with van der Waals surface area (Å²) in [6, 6.07) is 0. The predicted molar refractivity (Wildman–Crippen MR) is 60.2 cm³/mol. The van der Waals surface area contributed by atoms with Crippen LogP contribution in [0.1, 0.15) is 20.8 Å². The van der Waals surface area contributed by atoms with Crippen molar-refractivity contribution < 1.29 is 14.3 Å². The van der Waals surface area contributed by atoms with Crippen LogP contribution in [-0.4, -0.2) is 43.8 Å². The SMILES string of the molecule is COC(=O)C(Cl)CNCCOC(C)(C)C. The normalized spacial score (nSPS) is 13.7. The van der Waals surface area contributed by atoms with Gasteiger partial charge in [-0.05, 0) is 20.8 Å². The number of alkyl halides is 1. The highest BCUT2D eigenvalue weighted by Gasteiger charge is 2.14. The average molecular weight is 238 g/mol. The summed E-state index contributed by atoms with van der Waals surface area (Å²) in [6.07, 6.45) is 0. The van der Waals surface area contributed by atoms with E-state index in [4.69, 9.17) is 16.3 Å². The maximum atomic E-state index is 10.9. The Hall–Kier alpha value is -0.320. The van der Waals surface area contributed by atoms with Crippen molar-refractivity contribution in [2.75, 3.05) is 26.8 Å². The molecule has 0 aromatic heterocycles. The summed E-state index contributed by atoms with van der Waals surface area (Å²) < 4.78 is 9.96. The molecule has 5 heteroatoms. The molecule has 0 amide bonds. The molecule has 0 bridgehead atoms. The molecule has 0 spiro atoms. The lowest BCUT2D eigenvalue weighted by Gasteiger charge is -2.19. The molecule has 4 nitrogen and oxygen atoms in total. The van der Waals surface area contributed by atoms with Crippen LogP contribution in [0.5, 0.6) is 0 Å². The fourth-order valence-electron chi connectivity index (χ4n) is 0.869. The number of carbonyl (C=O) groups excluding carboxylic acids is 1. The second-order valence-corrected chi connectivity index (χ2v) is 4.68. The molecular formula is C10H20ClNO3. The Bertz CT molecular complexity index is 192. The first-order valence-electron chi connectivity index (χ1n) is 4.93. The van der Waals surface area contributed by atoms with Crippen molar-refractivity contribution in [1.82, 2.24) is 5.32 Å². The molecule has 0 radical (unpaired) electrons. The van der Waals surface area contributed by atoms with Crippen LogP contribution >= 0.6 is 11.6 Å². The molecule has 0 aromatic carbocycles. The van der Waals surface area contributed by atoms with E-state index in [2.05, 4.69) is 10.1 Å². The van der Waals surface area contributed by atoms with E-state index in [0.29, 0.717) is 19.7 Å². The van der Waals surface area contributed by atoms with Gasteiger partial charge in [-0.15, -0.1) is 11.6 Å². The number of carbonyl (C=O) groups is 1. The lowest BCUT2D eigenvalue weighted by molar-refractivity contribution is -0.140. The van der Waals surface area contributed by atoms with Gasteiger partial charge in [-0.25, -0.2) is 0 Å². The van der Waals surface area contributed by atoms with Gasteiger partial charge in [-0.2, -0.15) is 0 Å². The van der Waals surface area contributed by atoms with Gasteiger partial charge in [-0.1, -0.05) is 0 Å². The van der Waals surface area contributed by atoms with Crippen LogP contribution in [0, 0.1) is 0 Å². The van der Waals surface area contributed by atoms with Crippen molar-refractivity contribution in [3.05, 3.63) is 0 Å². The average Bonchev–Trinajstić information content (AvgIpc) is 2.14. The summed E-state index contributed by atoms with van der Waals surface area (Å²) in [5.41, 5.74) is -0.135. The third kappa shape index (κ3) is 8.66. The van der Waals surface area contributed by atoms with E-state index in [1.807, 2.05) is 20.8 Å². The van der Waals surface area contributed by atoms with Gasteiger partial charge in [0.05, 0.1) is 19.3 Å². The van der Waals surface area contributed by atoms with Crippen LogP contribution in [0.2, 0.25) is 0 Å². The zero-order chi connectivity index (χ0) is 11.9. The first-order valence-corrected chi connectivity index (χ1v) is 5.37. The first-order chi connectivity index (χ1) is 6.87. The van der Waals surface area contributed by atoms with Gasteiger partial charge in [0.2, 0.25) is 0 Å². The Balaban J connectivity index is 3.43. The number of ether oxygens (including phenoxy) is 2. The predicted octanol–water partition coefficient (Wildman–Crippen LogP) is 1.17. The van der Waals surface area contributed by atoms with Crippen molar-refractivity contribution in [1.29, 1.82) is 0 Å². The molecule has 1 unspecified atom stereocenters. The number of esters is 1. The summed E-state index contributed by atoms with van der Waals surface area (Å²) in [5, 5.41) is 2.38. The number of rotatable bonds is 6. The molecule has 15 heavy (non-hydrogen) atoms. The molecule has 0 aromatic rings. The molecule has 0 rings (SSSR count). The topological polar surface area (TPSA) is 47.6 Å². The fraction of sp³-hybridized carbons (Fsp3) is 0.900. The molecule has 1 N–H and O–H groups in total. The van der Waals surface area contributed by atoms with Crippen molar-refractivity contribution in [3.8, 4) is 0 Å². The summed E-state index contributed by atoms with van der Waals surface area (Å²) in [6.45, 7) is 7.62. The molecule has 0 aliphatic rings. The highest BCUT2D eigenvalue weighted by molar-refractivity contribution is 6.30. The van der Waals surface area contributed by atoms with Gasteiger partial charge in [-0.3, -0.25) is 4.79 Å². The summed E-state index contributed by atoms with van der Waals surface area (Å²) in [5.74, 6) is -0.416. The van der Waals surface area contributed by atoms with E-state index in [1.165, 1.54) is 7.11 Å². The van der Waals surface area contributed by atoms with Gasteiger partial charge in [0.1, 0.15) is 5.38 Å². The highest BCUT2D eigenvalue weighted by atomic mass is 35.5. The molecule has 0 heterocycles. The molecule has 0 fully saturated rings. The van der Waals surface area contributed by atoms with Crippen molar-refractivity contribution in [3.63, 3.8) is 0 Å². The third-order valence-corrected chi connectivity index (χ3v) is 1.93. The van der Waals surface area contributed by atoms with E-state index >= 15 is 0 Å². The second-order valence-electron chi connectivity index (χ2n) is 4.16. The minimum absolute atomic E-state index is 0.135. The quantitative estimate of drug-likeness (QED) is 0.428. The number of nitrogens with one attached hydrogen (secondary N) is 1. The fourth-order valence-corrected chi connectivity index (χ4v) is 1.07. The van der Waals surface area contributed by atoms with E-state index < -0.39 is 11.3 Å². The Morgan fingerprint density at radius 1 is 1.47 bits per heavy atom. The Labute approximate surface area is 96.3 Å². The first kappa shape index (κ1) is 14.7. The molecule has 90 valence electrons. The van der Waals surface area contributed by atoms with E-state index in [0.717, 1.165) is 0 Å². The van der Waals surface area contributed by atoms with E-state index in [9.17, 15) is 4.79 Å². The second kappa shape index (κ2) is 7.04. The molecule has 1 atom stereocenters. The number of halogens is 1. The zero-order valence-corrected chi connectivity index (χ0v) is 10.6. The Morgan fingerprint density at radius 2 is 2.07 bits per heavy atom. The minimum Gasteiger partial charge on any atom is -0.468 e. The number of methoxy groups -OCH3 is 1. The lowest BCUT2D eigenvalue weighted by atomic mass is 10.2. The highest BCUT2D eigenvalue weighted by Crippen LogP contribution is 2.05. The largest absolute Gasteiger partial charge is 0.468 e. The lowest BCUT2D eigenvalue weighted by Crippen LogP contribution is -2.33. The van der Waals surface area contributed by atoms with Crippen LogP contribution in [0.15, 0.2) is 0 Å². The van der Waals surface area contributed by atoms with Crippen molar-refractivity contribution in [2.24, 2.45) is 0 Å². The van der Waals surface area contributed by atoms with Crippen LogP contribution in [-0.2, 0) is 14.3 Å². The summed E-state index contributed by atoms with van der Waals surface area (Å²) in [4.78, 5) is 10.9. The van der Waals surface area contributed by atoms with Crippen molar-refractivity contribution >= 4 is 17.6 Å².